The van der Waals surface area contributed by atoms with Gasteiger partial charge in [-0.2, -0.15) is 0 Å². The maximum Gasteiger partial charge on any atom is 0.322 e. The molecule has 0 saturated heterocycles. The Hall–Kier alpha value is -2.24. The molecule has 2 N–H and O–H groups in total. The maximum absolute atomic E-state index is 12.9. The quantitative estimate of drug-likeness (QED) is 0.269. The summed E-state index contributed by atoms with van der Waals surface area (Å²) in [5.41, 5.74) is 2.62. The van der Waals surface area contributed by atoms with Gasteiger partial charge in [0.05, 0.1) is 10.0 Å². The van der Waals surface area contributed by atoms with Crippen LogP contribution in [0.3, 0.4) is 0 Å². The number of hydrogen-bond donors (Lipinski definition) is 2. The largest absolute Gasteiger partial charge is 0.326 e. The van der Waals surface area contributed by atoms with E-state index >= 15 is 0 Å². The lowest BCUT2D eigenvalue weighted by Gasteiger charge is -2.28. The highest BCUT2D eigenvalue weighted by Crippen LogP contribution is 2.25. The van der Waals surface area contributed by atoms with Crippen molar-refractivity contribution in [2.45, 2.75) is 78.2 Å². The van der Waals surface area contributed by atoms with Crippen LogP contribution in [-0.2, 0) is 11.2 Å². The molecule has 0 aliphatic carbocycles. The minimum absolute atomic E-state index is 0.0211. The Morgan fingerprint density at radius 1 is 0.882 bits per heavy atom. The van der Waals surface area contributed by atoms with E-state index in [4.69, 9.17) is 23.2 Å². The fourth-order valence-corrected chi connectivity index (χ4v) is 3.94. The summed E-state index contributed by atoms with van der Waals surface area (Å²) in [5, 5.41) is 6.58. The summed E-state index contributed by atoms with van der Waals surface area (Å²) in [4.78, 5) is 27.1. The van der Waals surface area contributed by atoms with Crippen LogP contribution in [0.1, 0.15) is 71.3 Å². The van der Waals surface area contributed by atoms with Gasteiger partial charge in [0.25, 0.3) is 0 Å². The molecule has 0 bridgehead atoms. The van der Waals surface area contributed by atoms with E-state index in [1.807, 2.05) is 26.0 Å². The van der Waals surface area contributed by atoms with Gasteiger partial charge in [-0.1, -0.05) is 74.9 Å². The molecule has 3 amide bonds. The van der Waals surface area contributed by atoms with Crippen molar-refractivity contribution in [2.75, 3.05) is 17.2 Å². The van der Waals surface area contributed by atoms with E-state index in [2.05, 4.69) is 29.7 Å². The number of halogens is 2. The Morgan fingerprint density at radius 3 is 2.21 bits per heavy atom. The molecule has 0 aliphatic rings. The molecule has 0 saturated carbocycles. The molecule has 2 rings (SSSR count). The van der Waals surface area contributed by atoms with Gasteiger partial charge >= 0.3 is 6.03 Å². The number of anilines is 2. The van der Waals surface area contributed by atoms with Crippen molar-refractivity contribution >= 4 is 46.5 Å². The van der Waals surface area contributed by atoms with Crippen LogP contribution in [0.4, 0.5) is 16.2 Å². The number of nitrogens with one attached hydrogen (secondary N) is 2. The molecule has 5 nitrogen and oxygen atoms in total. The van der Waals surface area contributed by atoms with E-state index in [1.165, 1.54) is 37.7 Å². The fourth-order valence-electron chi connectivity index (χ4n) is 3.64. The number of urea groups is 1. The normalized spacial score (nSPS) is 11.7. The van der Waals surface area contributed by atoms with Crippen LogP contribution in [0, 0.1) is 0 Å². The van der Waals surface area contributed by atoms with Gasteiger partial charge in [0.15, 0.2) is 0 Å². The molecule has 2 aromatic carbocycles. The lowest BCUT2D eigenvalue weighted by molar-refractivity contribution is -0.116. The van der Waals surface area contributed by atoms with Crippen LogP contribution < -0.4 is 10.6 Å². The predicted molar refractivity (Wildman–Crippen MR) is 144 cm³/mol. The first-order valence-corrected chi connectivity index (χ1v) is 13.0. The Kier molecular flexibility index (Phi) is 12.3. The number of amides is 3. The minimum atomic E-state index is -0.274. The zero-order chi connectivity index (χ0) is 24.9. The number of carbonyl (C=O) groups excluding carboxylic acids is 2. The van der Waals surface area contributed by atoms with Gasteiger partial charge in [0.2, 0.25) is 5.91 Å². The molecule has 1 unspecified atom stereocenters. The smallest absolute Gasteiger partial charge is 0.322 e. The molecule has 186 valence electrons. The molecule has 2 aromatic rings. The second-order valence-corrected chi connectivity index (χ2v) is 9.48. The van der Waals surface area contributed by atoms with Gasteiger partial charge in [-0.05, 0) is 62.1 Å². The van der Waals surface area contributed by atoms with E-state index < -0.39 is 0 Å². The van der Waals surface area contributed by atoms with Crippen molar-refractivity contribution < 1.29 is 9.59 Å². The van der Waals surface area contributed by atoms with Crippen molar-refractivity contribution in [2.24, 2.45) is 0 Å². The van der Waals surface area contributed by atoms with Gasteiger partial charge < -0.3 is 15.5 Å². The topological polar surface area (TPSA) is 61.4 Å². The van der Waals surface area contributed by atoms with E-state index in [-0.39, 0.29) is 24.4 Å². The van der Waals surface area contributed by atoms with Crippen LogP contribution in [-0.4, -0.2) is 29.4 Å². The molecule has 0 heterocycles. The molecule has 0 fully saturated rings. The Labute approximate surface area is 214 Å². The number of unbranched alkanes of at least 4 members (excludes halogenated alkanes) is 4. The summed E-state index contributed by atoms with van der Waals surface area (Å²) < 4.78 is 0. The van der Waals surface area contributed by atoms with E-state index in [9.17, 15) is 9.59 Å². The number of carbonyl (C=O) groups is 2. The van der Waals surface area contributed by atoms with E-state index in [0.717, 1.165) is 18.5 Å². The van der Waals surface area contributed by atoms with Gasteiger partial charge in [-0.15, -0.1) is 0 Å². The minimum Gasteiger partial charge on any atom is -0.326 e. The molecule has 0 radical (unpaired) electrons. The fraction of sp³-hybridized carbons (Fsp3) is 0.481. The van der Waals surface area contributed by atoms with Crippen molar-refractivity contribution in [3.63, 3.8) is 0 Å². The summed E-state index contributed by atoms with van der Waals surface area (Å²) in [6, 6.07) is 12.7. The van der Waals surface area contributed by atoms with Crippen molar-refractivity contribution in [3.8, 4) is 0 Å². The zero-order valence-corrected chi connectivity index (χ0v) is 22.0. The molecular formula is C27H37Cl2N3O2. The standard InChI is InChI=1S/C27H37Cl2N3O2/c1-4-6-7-8-9-10-21-11-13-22(14-12-21)30-26(33)17-18-32(20(3)5-2)27(34)31-23-15-16-24(28)25(29)19-23/h11-16,19-20H,4-10,17-18H2,1-3H3,(H,30,33)(H,31,34). The third kappa shape index (κ3) is 9.55. The maximum atomic E-state index is 12.9. The second kappa shape index (κ2) is 14.9. The van der Waals surface area contributed by atoms with E-state index in [1.54, 1.807) is 23.1 Å². The molecule has 0 aromatic heterocycles. The number of benzene rings is 2. The summed E-state index contributed by atoms with van der Waals surface area (Å²) in [6.07, 6.45) is 8.36. The average Bonchev–Trinajstić information content (AvgIpc) is 2.82. The third-order valence-corrected chi connectivity index (χ3v) is 6.68. The zero-order valence-electron chi connectivity index (χ0n) is 20.5. The number of aryl methyl sites for hydroxylation is 1. The van der Waals surface area contributed by atoms with Gasteiger partial charge in [0.1, 0.15) is 0 Å². The van der Waals surface area contributed by atoms with Crippen LogP contribution >= 0.6 is 23.2 Å². The SMILES string of the molecule is CCCCCCCc1ccc(NC(=O)CCN(C(=O)Nc2ccc(Cl)c(Cl)c2)C(C)CC)cc1. The highest BCUT2D eigenvalue weighted by Gasteiger charge is 2.20. The summed E-state index contributed by atoms with van der Waals surface area (Å²) in [7, 11) is 0. The number of rotatable bonds is 13. The Morgan fingerprint density at radius 2 is 1.56 bits per heavy atom. The van der Waals surface area contributed by atoms with Crippen molar-refractivity contribution in [1.29, 1.82) is 0 Å². The van der Waals surface area contributed by atoms with Gasteiger partial charge in [0, 0.05) is 30.4 Å². The summed E-state index contributed by atoms with van der Waals surface area (Å²) in [6.45, 7) is 6.51. The summed E-state index contributed by atoms with van der Waals surface area (Å²) >= 11 is 12.0. The number of hydrogen-bond acceptors (Lipinski definition) is 2. The monoisotopic (exact) mass is 505 g/mol. The van der Waals surface area contributed by atoms with Crippen LogP contribution in [0.2, 0.25) is 10.0 Å². The van der Waals surface area contributed by atoms with Crippen LogP contribution in [0.25, 0.3) is 0 Å². The lowest BCUT2D eigenvalue weighted by Crippen LogP contribution is -2.42. The predicted octanol–water partition coefficient (Wildman–Crippen LogP) is 8.17. The third-order valence-electron chi connectivity index (χ3n) is 5.94. The van der Waals surface area contributed by atoms with Gasteiger partial charge in [-0.25, -0.2) is 4.79 Å². The van der Waals surface area contributed by atoms with Gasteiger partial charge in [-0.3, -0.25) is 4.79 Å². The van der Waals surface area contributed by atoms with Crippen LogP contribution in [0.5, 0.6) is 0 Å². The molecule has 7 heteroatoms. The first-order chi connectivity index (χ1) is 16.3. The average molecular weight is 507 g/mol. The molecule has 1 atom stereocenters. The number of nitrogens with zero attached hydrogens (tertiary/aromatic N) is 1. The van der Waals surface area contributed by atoms with E-state index in [0.29, 0.717) is 22.3 Å². The van der Waals surface area contributed by atoms with Crippen molar-refractivity contribution in [1.82, 2.24) is 4.90 Å². The van der Waals surface area contributed by atoms with Crippen LogP contribution in [0.15, 0.2) is 42.5 Å². The second-order valence-electron chi connectivity index (χ2n) is 8.67. The highest BCUT2D eigenvalue weighted by molar-refractivity contribution is 6.42. The molecule has 0 aliphatic heterocycles. The molecular weight excluding hydrogens is 469 g/mol. The lowest BCUT2D eigenvalue weighted by atomic mass is 10.1. The molecule has 34 heavy (non-hydrogen) atoms. The summed E-state index contributed by atoms with van der Waals surface area (Å²) in [5.74, 6) is -0.122. The Bertz CT molecular complexity index is 919. The molecule has 0 spiro atoms. The van der Waals surface area contributed by atoms with Crippen molar-refractivity contribution in [3.05, 3.63) is 58.1 Å². The first-order valence-electron chi connectivity index (χ1n) is 12.3. The first kappa shape index (κ1) is 28.0. The highest BCUT2D eigenvalue weighted by atomic mass is 35.5. The Balaban J connectivity index is 1.85.